The smallest absolute Gasteiger partial charge is 0.269 e. The summed E-state index contributed by atoms with van der Waals surface area (Å²) in [6.07, 6.45) is 0. The van der Waals surface area contributed by atoms with Gasteiger partial charge >= 0.3 is 6.05 Å². The van der Waals surface area contributed by atoms with Crippen LogP contribution in [0.15, 0.2) is 48.5 Å². The molecule has 2 aromatic rings. The van der Waals surface area contributed by atoms with Crippen molar-refractivity contribution >= 4 is 28.9 Å². The van der Waals surface area contributed by atoms with Crippen LogP contribution < -0.4 is 4.90 Å². The van der Waals surface area contributed by atoms with Gasteiger partial charge in [-0.05, 0) is 30.3 Å². The highest BCUT2D eigenvalue weighted by Crippen LogP contribution is 2.31. The third-order valence-corrected chi connectivity index (χ3v) is 3.32. The van der Waals surface area contributed by atoms with Crippen molar-refractivity contribution in [3.05, 3.63) is 69.2 Å². The Morgan fingerprint density at radius 2 is 1.83 bits per heavy atom. The van der Waals surface area contributed by atoms with Crippen molar-refractivity contribution in [1.29, 1.82) is 0 Å². The number of hydrogen-bond donors (Lipinski definition) is 0. The van der Waals surface area contributed by atoms with Gasteiger partial charge in [-0.25, -0.2) is 9.29 Å². The number of benzene rings is 2. The number of hydrogen-bond acceptors (Lipinski definition) is 3. The number of non-ortho nitro benzene ring substituents is 1. The Labute approximate surface area is 139 Å². The molecule has 0 saturated carbocycles. The van der Waals surface area contributed by atoms with Crippen LogP contribution in [0.2, 0.25) is 5.02 Å². The van der Waals surface area contributed by atoms with Gasteiger partial charge in [0, 0.05) is 22.7 Å². The van der Waals surface area contributed by atoms with Crippen molar-refractivity contribution in [2.45, 2.75) is 6.05 Å². The number of nitro groups is 1. The molecule has 0 aliphatic rings. The summed E-state index contributed by atoms with van der Waals surface area (Å²) in [6.45, 7) is -2.10. The van der Waals surface area contributed by atoms with Gasteiger partial charge in [-0.2, -0.15) is 8.78 Å². The normalized spacial score (nSPS) is 11.2. The quantitative estimate of drug-likeness (QED) is 0.450. The minimum Gasteiger partial charge on any atom is -0.269 e. The van der Waals surface area contributed by atoms with E-state index in [1.165, 1.54) is 18.2 Å². The first kappa shape index (κ1) is 17.7. The molecule has 0 bridgehead atoms. The standard InChI is InChI=1S/C15H10ClF3N2O3/c16-11-2-1-3-13(8-11)20(15(18,19)9-17)14(22)10-4-6-12(7-5-10)21(23)24/h1-8H,9H2. The number of alkyl halides is 3. The second kappa shape index (κ2) is 6.88. The number of nitrogens with zero attached hydrogens (tertiary/aromatic N) is 2. The molecular weight excluding hydrogens is 349 g/mol. The average Bonchev–Trinajstić information content (AvgIpc) is 2.55. The van der Waals surface area contributed by atoms with Crippen molar-refractivity contribution < 1.29 is 22.9 Å². The maximum atomic E-state index is 14.0. The lowest BCUT2D eigenvalue weighted by Crippen LogP contribution is -2.47. The van der Waals surface area contributed by atoms with Gasteiger partial charge in [0.1, 0.15) is 0 Å². The predicted molar refractivity (Wildman–Crippen MR) is 82.3 cm³/mol. The Morgan fingerprint density at radius 3 is 2.33 bits per heavy atom. The van der Waals surface area contributed by atoms with E-state index in [0.717, 1.165) is 30.3 Å². The number of carbonyl (C=O) groups excluding carboxylic acids is 1. The molecule has 0 fully saturated rings. The number of nitro benzene ring substituents is 1. The summed E-state index contributed by atoms with van der Waals surface area (Å²) in [6, 6.07) is 4.94. The topological polar surface area (TPSA) is 63.4 Å². The van der Waals surface area contributed by atoms with Gasteiger partial charge in [-0.1, -0.05) is 17.7 Å². The summed E-state index contributed by atoms with van der Waals surface area (Å²) in [5.41, 5.74) is -0.861. The van der Waals surface area contributed by atoms with Gasteiger partial charge in [0.25, 0.3) is 11.6 Å². The van der Waals surface area contributed by atoms with Crippen LogP contribution in [0.1, 0.15) is 10.4 Å². The number of halogens is 4. The highest BCUT2D eigenvalue weighted by molar-refractivity contribution is 6.31. The van der Waals surface area contributed by atoms with Crippen molar-refractivity contribution in [2.75, 3.05) is 11.6 Å². The molecule has 2 aromatic carbocycles. The van der Waals surface area contributed by atoms with E-state index in [-0.39, 0.29) is 26.9 Å². The Bertz CT molecular complexity index is 769. The van der Waals surface area contributed by atoms with Gasteiger partial charge in [-0.3, -0.25) is 14.9 Å². The fourth-order valence-electron chi connectivity index (χ4n) is 1.98. The van der Waals surface area contributed by atoms with Gasteiger partial charge < -0.3 is 0 Å². The van der Waals surface area contributed by atoms with Crippen LogP contribution in [0.4, 0.5) is 24.5 Å². The zero-order valence-electron chi connectivity index (χ0n) is 12.0. The van der Waals surface area contributed by atoms with Gasteiger partial charge in [0.05, 0.1) is 10.6 Å². The van der Waals surface area contributed by atoms with Crippen LogP contribution in [0.25, 0.3) is 0 Å². The third kappa shape index (κ3) is 3.65. The van der Waals surface area contributed by atoms with E-state index in [1.54, 1.807) is 0 Å². The molecular formula is C15H10ClF3N2O3. The predicted octanol–water partition coefficient (Wildman–Crippen LogP) is 4.46. The van der Waals surface area contributed by atoms with E-state index in [0.29, 0.717) is 0 Å². The van der Waals surface area contributed by atoms with Crippen LogP contribution >= 0.6 is 11.6 Å². The summed E-state index contributed by atoms with van der Waals surface area (Å²) in [5, 5.41) is 10.7. The highest BCUT2D eigenvalue weighted by Gasteiger charge is 2.42. The minimum atomic E-state index is -4.11. The molecule has 0 aliphatic heterocycles. The van der Waals surface area contributed by atoms with E-state index >= 15 is 0 Å². The van der Waals surface area contributed by atoms with Crippen molar-refractivity contribution in [3.8, 4) is 0 Å². The first-order valence-corrected chi connectivity index (χ1v) is 6.92. The van der Waals surface area contributed by atoms with Gasteiger partial charge in [0.2, 0.25) is 0 Å². The maximum absolute atomic E-state index is 14.0. The molecule has 0 radical (unpaired) electrons. The van der Waals surface area contributed by atoms with E-state index in [2.05, 4.69) is 0 Å². The van der Waals surface area contributed by atoms with Gasteiger partial charge in [-0.15, -0.1) is 0 Å². The number of rotatable bonds is 5. The van der Waals surface area contributed by atoms with Gasteiger partial charge in [0.15, 0.2) is 6.67 Å². The van der Waals surface area contributed by atoms with Crippen LogP contribution in [0.5, 0.6) is 0 Å². The maximum Gasteiger partial charge on any atom is 0.360 e. The molecule has 2 rings (SSSR count). The molecule has 0 aliphatic carbocycles. The van der Waals surface area contributed by atoms with Crippen LogP contribution in [0.3, 0.4) is 0 Å². The SMILES string of the molecule is O=C(c1ccc([N+](=O)[O-])cc1)N(c1cccc(Cl)c1)C(F)(F)CF. The second-order valence-corrected chi connectivity index (χ2v) is 5.16. The Kier molecular flexibility index (Phi) is 5.08. The fourth-order valence-corrected chi connectivity index (χ4v) is 2.17. The first-order valence-electron chi connectivity index (χ1n) is 6.54. The fraction of sp³-hybridized carbons (Fsp3) is 0.133. The highest BCUT2D eigenvalue weighted by atomic mass is 35.5. The molecule has 0 heterocycles. The summed E-state index contributed by atoms with van der Waals surface area (Å²) < 4.78 is 40.7. The largest absolute Gasteiger partial charge is 0.360 e. The lowest BCUT2D eigenvalue weighted by atomic mass is 10.1. The average molecular weight is 359 g/mol. The van der Waals surface area contributed by atoms with E-state index in [4.69, 9.17) is 11.6 Å². The molecule has 5 nitrogen and oxygen atoms in total. The minimum absolute atomic E-state index is 0.0277. The van der Waals surface area contributed by atoms with E-state index in [1.807, 2.05) is 0 Å². The molecule has 9 heteroatoms. The summed E-state index contributed by atoms with van der Waals surface area (Å²) in [4.78, 5) is 22.3. The second-order valence-electron chi connectivity index (χ2n) is 4.72. The van der Waals surface area contributed by atoms with Crippen molar-refractivity contribution in [2.24, 2.45) is 0 Å². The van der Waals surface area contributed by atoms with E-state index < -0.39 is 23.6 Å². The Morgan fingerprint density at radius 1 is 1.21 bits per heavy atom. The number of carbonyl (C=O) groups is 1. The molecule has 0 aromatic heterocycles. The van der Waals surface area contributed by atoms with Crippen molar-refractivity contribution in [3.63, 3.8) is 0 Å². The Balaban J connectivity index is 2.47. The van der Waals surface area contributed by atoms with Crippen LogP contribution in [-0.4, -0.2) is 23.6 Å². The molecule has 24 heavy (non-hydrogen) atoms. The molecule has 126 valence electrons. The summed E-state index contributed by atoms with van der Waals surface area (Å²) >= 11 is 5.74. The third-order valence-electron chi connectivity index (χ3n) is 3.08. The molecule has 0 spiro atoms. The monoisotopic (exact) mass is 358 g/mol. The molecule has 0 saturated heterocycles. The lowest BCUT2D eigenvalue weighted by Gasteiger charge is -2.29. The van der Waals surface area contributed by atoms with Crippen LogP contribution in [0, 0.1) is 10.1 Å². The zero-order chi connectivity index (χ0) is 17.9. The Hall–Kier alpha value is -2.61. The first-order chi connectivity index (χ1) is 11.3. The molecule has 1 amide bonds. The molecule has 0 atom stereocenters. The number of amides is 1. The lowest BCUT2D eigenvalue weighted by molar-refractivity contribution is -0.384. The number of anilines is 1. The zero-order valence-corrected chi connectivity index (χ0v) is 12.7. The van der Waals surface area contributed by atoms with E-state index in [9.17, 15) is 28.1 Å². The summed E-state index contributed by atoms with van der Waals surface area (Å²) in [7, 11) is 0. The summed E-state index contributed by atoms with van der Waals surface area (Å²) in [5.74, 6) is -1.21. The van der Waals surface area contributed by atoms with Crippen LogP contribution in [-0.2, 0) is 0 Å². The molecule has 0 N–H and O–H groups in total. The molecule has 0 unspecified atom stereocenters. The van der Waals surface area contributed by atoms with Crippen molar-refractivity contribution in [1.82, 2.24) is 0 Å².